The summed E-state index contributed by atoms with van der Waals surface area (Å²) in [5, 5.41) is 2.68. The molecule has 0 spiro atoms. The molecule has 36 heavy (non-hydrogen) atoms. The van der Waals surface area contributed by atoms with Crippen molar-refractivity contribution in [2.75, 3.05) is 14.8 Å². The van der Waals surface area contributed by atoms with Crippen LogP contribution >= 0.6 is 11.6 Å². The fourth-order valence-electron chi connectivity index (χ4n) is 3.10. The normalized spacial score (nSPS) is 11.5. The molecule has 12 heteroatoms. The summed E-state index contributed by atoms with van der Waals surface area (Å²) in [6, 6.07) is 20.7. The van der Waals surface area contributed by atoms with Crippen molar-refractivity contribution >= 4 is 54.6 Å². The van der Waals surface area contributed by atoms with Gasteiger partial charge < -0.3 is 5.32 Å². The van der Waals surface area contributed by atoms with Gasteiger partial charge in [-0.25, -0.2) is 16.8 Å². The Morgan fingerprint density at radius 2 is 1.39 bits per heavy atom. The number of nitrogens with one attached hydrogen (secondary N) is 3. The van der Waals surface area contributed by atoms with Crippen LogP contribution in [-0.4, -0.2) is 27.7 Å². The fourth-order valence-corrected chi connectivity index (χ4v) is 5.53. The molecule has 0 unspecified atom stereocenters. The van der Waals surface area contributed by atoms with E-state index in [2.05, 4.69) is 19.7 Å². The van der Waals surface area contributed by atoms with Gasteiger partial charge >= 0.3 is 0 Å². The lowest BCUT2D eigenvalue weighted by Crippen LogP contribution is -2.15. The molecule has 0 bridgehead atoms. The van der Waals surface area contributed by atoms with Crippen molar-refractivity contribution in [3.63, 3.8) is 0 Å². The van der Waals surface area contributed by atoms with Crippen molar-refractivity contribution < 1.29 is 21.6 Å². The number of carbonyl (C=O) groups is 1. The minimum Gasteiger partial charge on any atom is -0.322 e. The Morgan fingerprint density at radius 3 is 2.03 bits per heavy atom. The maximum Gasteiger partial charge on any atom is 0.261 e. The molecule has 0 aliphatic rings. The summed E-state index contributed by atoms with van der Waals surface area (Å²) < 4.78 is 54.9. The molecule has 0 saturated carbocycles. The number of nitrogens with zero attached hydrogens (tertiary/aromatic N) is 1. The Hall–Kier alpha value is -3.93. The molecule has 0 aliphatic heterocycles. The number of sulfonamides is 2. The molecule has 184 valence electrons. The highest BCUT2D eigenvalue weighted by Gasteiger charge is 2.17. The van der Waals surface area contributed by atoms with Crippen molar-refractivity contribution in [1.29, 1.82) is 0 Å². The number of carbonyl (C=O) groups excluding carboxylic acids is 1. The van der Waals surface area contributed by atoms with Gasteiger partial charge in [-0.15, -0.1) is 0 Å². The Balaban J connectivity index is 1.44. The van der Waals surface area contributed by atoms with Crippen LogP contribution in [0.2, 0.25) is 5.02 Å². The van der Waals surface area contributed by atoms with Gasteiger partial charge in [0.15, 0.2) is 0 Å². The third-order valence-corrected chi connectivity index (χ3v) is 7.96. The van der Waals surface area contributed by atoms with Gasteiger partial charge in [-0.3, -0.25) is 19.2 Å². The van der Waals surface area contributed by atoms with Crippen LogP contribution < -0.4 is 14.8 Å². The van der Waals surface area contributed by atoms with E-state index < -0.39 is 26.0 Å². The molecule has 1 amide bonds. The highest BCUT2D eigenvalue weighted by Crippen LogP contribution is 2.26. The molecule has 0 fully saturated rings. The summed E-state index contributed by atoms with van der Waals surface area (Å²) in [5.41, 5.74) is 0.969. The van der Waals surface area contributed by atoms with E-state index in [4.69, 9.17) is 11.6 Å². The number of rotatable bonds is 8. The zero-order valence-electron chi connectivity index (χ0n) is 18.4. The van der Waals surface area contributed by atoms with Crippen LogP contribution in [0.4, 0.5) is 17.1 Å². The fraction of sp³-hybridized carbons (Fsp3) is 0. The second-order valence-corrected chi connectivity index (χ2v) is 11.2. The number of hydrogen-bond acceptors (Lipinski definition) is 6. The summed E-state index contributed by atoms with van der Waals surface area (Å²) >= 11 is 6.22. The van der Waals surface area contributed by atoms with Crippen LogP contribution in [0.5, 0.6) is 0 Å². The van der Waals surface area contributed by atoms with E-state index in [0.717, 1.165) is 0 Å². The quantitative estimate of drug-likeness (QED) is 0.298. The van der Waals surface area contributed by atoms with E-state index in [1.807, 2.05) is 0 Å². The molecule has 0 radical (unpaired) electrons. The zero-order valence-corrected chi connectivity index (χ0v) is 20.8. The van der Waals surface area contributed by atoms with Crippen LogP contribution in [-0.2, 0) is 20.0 Å². The Morgan fingerprint density at radius 1 is 0.722 bits per heavy atom. The molecule has 3 aromatic carbocycles. The number of halogens is 1. The number of hydrogen-bond donors (Lipinski definition) is 3. The highest BCUT2D eigenvalue weighted by atomic mass is 35.5. The van der Waals surface area contributed by atoms with Gasteiger partial charge in [0, 0.05) is 17.4 Å². The lowest BCUT2D eigenvalue weighted by molar-refractivity contribution is 0.102. The maximum absolute atomic E-state index is 12.7. The van der Waals surface area contributed by atoms with Gasteiger partial charge in [0.1, 0.15) is 0 Å². The van der Waals surface area contributed by atoms with E-state index in [1.54, 1.807) is 30.3 Å². The van der Waals surface area contributed by atoms with Gasteiger partial charge in [0.2, 0.25) is 0 Å². The Labute approximate surface area is 213 Å². The van der Waals surface area contributed by atoms with Gasteiger partial charge in [0.05, 0.1) is 32.4 Å². The third kappa shape index (κ3) is 6.00. The largest absolute Gasteiger partial charge is 0.322 e. The predicted molar refractivity (Wildman–Crippen MR) is 138 cm³/mol. The molecule has 0 aliphatic carbocycles. The average molecular weight is 543 g/mol. The van der Waals surface area contributed by atoms with Gasteiger partial charge in [-0.2, -0.15) is 0 Å². The first-order valence-corrected chi connectivity index (χ1v) is 13.7. The zero-order chi connectivity index (χ0) is 25.8. The average Bonchev–Trinajstić information content (AvgIpc) is 2.86. The molecule has 4 rings (SSSR count). The van der Waals surface area contributed by atoms with Crippen LogP contribution in [0.25, 0.3) is 0 Å². The smallest absolute Gasteiger partial charge is 0.261 e. The predicted octanol–water partition coefficient (Wildman–Crippen LogP) is 4.59. The number of benzene rings is 3. The second kappa shape index (κ2) is 10.4. The van der Waals surface area contributed by atoms with Crippen molar-refractivity contribution in [3.05, 3.63) is 108 Å². The van der Waals surface area contributed by atoms with Gasteiger partial charge in [-0.05, 0) is 66.7 Å². The molecule has 9 nitrogen and oxygen atoms in total. The molecule has 3 N–H and O–H groups in total. The number of anilines is 3. The molecule has 1 heterocycles. The van der Waals surface area contributed by atoms with E-state index in [-0.39, 0.29) is 26.1 Å². The van der Waals surface area contributed by atoms with Gasteiger partial charge in [0.25, 0.3) is 26.0 Å². The number of pyridine rings is 1. The van der Waals surface area contributed by atoms with E-state index in [9.17, 15) is 21.6 Å². The number of amides is 1. The van der Waals surface area contributed by atoms with Crippen molar-refractivity contribution in [1.82, 2.24) is 4.98 Å². The highest BCUT2D eigenvalue weighted by molar-refractivity contribution is 7.93. The van der Waals surface area contributed by atoms with E-state index in [1.165, 1.54) is 67.0 Å². The second-order valence-electron chi connectivity index (χ2n) is 7.44. The van der Waals surface area contributed by atoms with Crippen molar-refractivity contribution in [3.8, 4) is 0 Å². The minimum atomic E-state index is -3.85. The van der Waals surface area contributed by atoms with Crippen LogP contribution in [0.15, 0.2) is 107 Å². The molecule has 0 atom stereocenters. The van der Waals surface area contributed by atoms with Crippen molar-refractivity contribution in [2.24, 2.45) is 0 Å². The maximum atomic E-state index is 12.7. The molecular formula is C24H19ClN4O5S2. The minimum absolute atomic E-state index is 0.00227. The molecule has 0 saturated heterocycles. The summed E-state index contributed by atoms with van der Waals surface area (Å²) in [7, 11) is -7.68. The SMILES string of the molecule is O=C(Nc1ccc(S(=O)(=O)Nc2cccnc2)cc1)c1ccc(NS(=O)(=O)c2ccccc2)c(Cl)c1. The lowest BCUT2D eigenvalue weighted by atomic mass is 10.2. The van der Waals surface area contributed by atoms with Crippen LogP contribution in [0, 0.1) is 0 Å². The molecule has 1 aromatic heterocycles. The van der Waals surface area contributed by atoms with E-state index in [0.29, 0.717) is 11.4 Å². The van der Waals surface area contributed by atoms with Crippen LogP contribution in [0.3, 0.4) is 0 Å². The first-order chi connectivity index (χ1) is 17.1. The standard InChI is InChI=1S/C24H19ClN4O5S2/c25-22-15-17(8-13-23(22)29-36(33,34)20-6-2-1-3-7-20)24(30)27-18-9-11-21(12-10-18)35(31,32)28-19-5-4-14-26-16-19/h1-16,28-29H,(H,27,30). The van der Waals surface area contributed by atoms with Crippen molar-refractivity contribution in [2.45, 2.75) is 9.79 Å². The molecule has 4 aromatic rings. The summed E-state index contributed by atoms with van der Waals surface area (Å²) in [4.78, 5) is 16.6. The van der Waals surface area contributed by atoms with Crippen LogP contribution in [0.1, 0.15) is 10.4 Å². The number of aromatic nitrogens is 1. The van der Waals surface area contributed by atoms with Gasteiger partial charge in [-0.1, -0.05) is 29.8 Å². The molecular weight excluding hydrogens is 524 g/mol. The summed E-state index contributed by atoms with van der Waals surface area (Å²) in [6.45, 7) is 0. The Kier molecular flexibility index (Phi) is 7.25. The summed E-state index contributed by atoms with van der Waals surface area (Å²) in [5.74, 6) is -0.515. The topological polar surface area (TPSA) is 134 Å². The monoisotopic (exact) mass is 542 g/mol. The third-order valence-electron chi connectivity index (χ3n) is 4.87. The first kappa shape index (κ1) is 25.2. The first-order valence-electron chi connectivity index (χ1n) is 10.4. The summed E-state index contributed by atoms with van der Waals surface area (Å²) in [6.07, 6.45) is 2.91. The van der Waals surface area contributed by atoms with E-state index >= 15 is 0 Å². The Bertz CT molecular complexity index is 1600. The lowest BCUT2D eigenvalue weighted by Gasteiger charge is -2.12.